The van der Waals surface area contributed by atoms with Gasteiger partial charge in [-0.2, -0.15) is 0 Å². The SMILES string of the molecule is C=CC(F)(CC)c1cnc2c(c1)CCC(CC(=O)C1(CCCC)CCC(N(CC)C3CCOCC3OC)C1)CC2. The van der Waals surface area contributed by atoms with Crippen LogP contribution in [0.3, 0.4) is 0 Å². The summed E-state index contributed by atoms with van der Waals surface area (Å²) in [5, 5.41) is 0. The number of carbonyl (C=O) groups excluding carboxylic acids is 1. The summed E-state index contributed by atoms with van der Waals surface area (Å²) in [7, 11) is 1.79. The number of hydrogen-bond acceptors (Lipinski definition) is 5. The van der Waals surface area contributed by atoms with E-state index in [-0.39, 0.29) is 11.5 Å². The number of ether oxygens (including phenoxy) is 2. The lowest BCUT2D eigenvalue weighted by atomic mass is 9.73. The highest BCUT2D eigenvalue weighted by atomic mass is 19.1. The molecule has 1 saturated carbocycles. The van der Waals surface area contributed by atoms with Crippen LogP contribution in [0.25, 0.3) is 0 Å². The van der Waals surface area contributed by atoms with Crippen molar-refractivity contribution in [2.45, 2.75) is 128 Å². The van der Waals surface area contributed by atoms with Gasteiger partial charge >= 0.3 is 0 Å². The summed E-state index contributed by atoms with van der Waals surface area (Å²) < 4.78 is 26.8. The average Bonchev–Trinajstić information content (AvgIpc) is 3.32. The third kappa shape index (κ3) is 6.71. The molecule has 0 amide bonds. The van der Waals surface area contributed by atoms with Crippen LogP contribution in [0.2, 0.25) is 0 Å². The molecule has 0 radical (unpaired) electrons. The van der Waals surface area contributed by atoms with Gasteiger partial charge in [0.15, 0.2) is 5.67 Å². The number of carbonyl (C=O) groups is 1. The van der Waals surface area contributed by atoms with Crippen molar-refractivity contribution in [3.63, 3.8) is 0 Å². The summed E-state index contributed by atoms with van der Waals surface area (Å²) in [6, 6.07) is 2.79. The predicted octanol–water partition coefficient (Wildman–Crippen LogP) is 7.15. The molecule has 1 aliphatic heterocycles. The zero-order chi connectivity index (χ0) is 28.8. The van der Waals surface area contributed by atoms with E-state index in [4.69, 9.17) is 9.47 Å². The molecule has 0 N–H and O–H groups in total. The zero-order valence-electron chi connectivity index (χ0n) is 25.6. The number of allylic oxidation sites excluding steroid dienone is 1. The molecule has 0 bridgehead atoms. The van der Waals surface area contributed by atoms with Gasteiger partial charge in [-0.05, 0) is 88.3 Å². The zero-order valence-corrected chi connectivity index (χ0v) is 25.6. The largest absolute Gasteiger partial charge is 0.379 e. The Kier molecular flexibility index (Phi) is 11.0. The molecule has 2 heterocycles. The molecule has 3 aliphatic rings. The van der Waals surface area contributed by atoms with Gasteiger partial charge in [-0.15, -0.1) is 0 Å². The fourth-order valence-corrected chi connectivity index (χ4v) is 7.79. The predicted molar refractivity (Wildman–Crippen MR) is 159 cm³/mol. The van der Waals surface area contributed by atoms with Crippen LogP contribution < -0.4 is 0 Å². The van der Waals surface area contributed by atoms with Gasteiger partial charge in [-0.3, -0.25) is 14.7 Å². The molecular weight excluding hydrogens is 503 g/mol. The number of unbranched alkanes of at least 4 members (excludes halogenated alkanes) is 1. The van der Waals surface area contributed by atoms with Crippen LogP contribution in [0.4, 0.5) is 4.39 Å². The van der Waals surface area contributed by atoms with Gasteiger partial charge in [0.25, 0.3) is 0 Å². The number of aryl methyl sites for hydroxylation is 2. The molecule has 2 fully saturated rings. The standard InChI is InChI=1S/C34H53FN2O3/c1-6-10-17-33(18-15-28(22-33)37(9-4)30-16-19-40-24-31(30)39-5)32(38)20-25-11-13-26-21-27(34(35,7-2)8-3)23-36-29(26)14-12-25/h7,21,23,25,28,30-31H,2,6,8-20,22,24H2,1,3-5H3. The van der Waals surface area contributed by atoms with E-state index < -0.39 is 5.67 Å². The summed E-state index contributed by atoms with van der Waals surface area (Å²) >= 11 is 0. The van der Waals surface area contributed by atoms with Crippen molar-refractivity contribution in [1.82, 2.24) is 9.88 Å². The van der Waals surface area contributed by atoms with Gasteiger partial charge in [0.2, 0.25) is 0 Å². The third-order valence-electron chi connectivity index (χ3n) is 10.5. The molecule has 6 atom stereocenters. The lowest BCUT2D eigenvalue weighted by molar-refractivity contribution is -0.130. The van der Waals surface area contributed by atoms with Crippen LogP contribution >= 0.6 is 0 Å². The van der Waals surface area contributed by atoms with Gasteiger partial charge in [0, 0.05) is 55.1 Å². The Balaban J connectivity index is 1.44. The lowest BCUT2D eigenvalue weighted by Crippen LogP contribution is -2.53. The number of nitrogens with zero attached hydrogens (tertiary/aromatic N) is 2. The van der Waals surface area contributed by atoms with Crippen LogP contribution in [-0.4, -0.2) is 60.7 Å². The van der Waals surface area contributed by atoms with Crippen LogP contribution in [-0.2, 0) is 32.8 Å². The van der Waals surface area contributed by atoms with Crippen LogP contribution in [0.1, 0.15) is 108 Å². The molecule has 0 aromatic carbocycles. The number of rotatable bonds is 13. The number of likely N-dealkylation sites (N-methyl/N-ethyl adjacent to an activating group) is 1. The van der Waals surface area contributed by atoms with E-state index in [2.05, 4.69) is 30.3 Å². The lowest BCUT2D eigenvalue weighted by Gasteiger charge is -2.42. The Hall–Kier alpha value is -1.63. The molecule has 6 unspecified atom stereocenters. The Morgan fingerprint density at radius 3 is 2.77 bits per heavy atom. The number of pyridine rings is 1. The molecule has 2 aliphatic carbocycles. The van der Waals surface area contributed by atoms with E-state index in [1.807, 2.05) is 13.0 Å². The van der Waals surface area contributed by atoms with Gasteiger partial charge in [0.05, 0.1) is 12.7 Å². The maximum Gasteiger partial charge on any atom is 0.155 e. The average molecular weight is 557 g/mol. The van der Waals surface area contributed by atoms with E-state index in [9.17, 15) is 4.79 Å². The number of hydrogen-bond donors (Lipinski definition) is 0. The van der Waals surface area contributed by atoms with Gasteiger partial charge < -0.3 is 9.47 Å². The number of ketones is 1. The molecule has 0 spiro atoms. The molecule has 1 aromatic heterocycles. The minimum Gasteiger partial charge on any atom is -0.379 e. The number of halogens is 1. The molecule has 5 nitrogen and oxygen atoms in total. The van der Waals surface area contributed by atoms with Gasteiger partial charge in [0.1, 0.15) is 5.78 Å². The van der Waals surface area contributed by atoms with Crippen LogP contribution in [0.5, 0.6) is 0 Å². The van der Waals surface area contributed by atoms with Crippen molar-refractivity contribution in [1.29, 1.82) is 0 Å². The van der Waals surface area contributed by atoms with E-state index in [0.29, 0.717) is 48.8 Å². The van der Waals surface area contributed by atoms with Crippen LogP contribution in [0, 0.1) is 11.3 Å². The molecule has 224 valence electrons. The summed E-state index contributed by atoms with van der Waals surface area (Å²) in [5.41, 5.74) is 1.09. The first kappa shape index (κ1) is 31.3. The highest BCUT2D eigenvalue weighted by Gasteiger charge is 2.47. The second-order valence-electron chi connectivity index (χ2n) is 12.6. The molecule has 1 aromatic rings. The third-order valence-corrected chi connectivity index (χ3v) is 10.5. The maximum atomic E-state index is 15.3. The van der Waals surface area contributed by atoms with Crippen molar-refractivity contribution in [3.8, 4) is 0 Å². The van der Waals surface area contributed by atoms with E-state index in [1.54, 1.807) is 13.3 Å². The van der Waals surface area contributed by atoms with Gasteiger partial charge in [-0.1, -0.05) is 46.3 Å². The van der Waals surface area contributed by atoms with Gasteiger partial charge in [-0.25, -0.2) is 4.39 Å². The van der Waals surface area contributed by atoms with Crippen molar-refractivity contribution >= 4 is 5.78 Å². The molecule has 1 saturated heterocycles. The molecule has 6 heteroatoms. The van der Waals surface area contributed by atoms with Crippen molar-refractivity contribution in [3.05, 3.63) is 41.7 Å². The van der Waals surface area contributed by atoms with Crippen molar-refractivity contribution in [2.24, 2.45) is 11.3 Å². The quantitative estimate of drug-likeness (QED) is 0.191. The maximum absolute atomic E-state index is 15.3. The fraction of sp³-hybridized carbons (Fsp3) is 0.765. The highest BCUT2D eigenvalue weighted by molar-refractivity contribution is 5.85. The summed E-state index contributed by atoms with van der Waals surface area (Å²) in [6.07, 6.45) is 15.2. The number of methoxy groups -OCH3 is 1. The number of Topliss-reactive ketones (excluding diaryl/α,β-unsaturated/α-hetero) is 1. The number of fused-ring (bicyclic) bond motifs is 1. The first-order chi connectivity index (χ1) is 19.3. The molecular formula is C34H53FN2O3. The fourth-order valence-electron chi connectivity index (χ4n) is 7.79. The number of aromatic nitrogens is 1. The summed E-state index contributed by atoms with van der Waals surface area (Å²) in [6.45, 7) is 12.5. The van der Waals surface area contributed by atoms with E-state index in [1.165, 1.54) is 6.08 Å². The van der Waals surface area contributed by atoms with Crippen molar-refractivity contribution < 1.29 is 18.7 Å². The minimum atomic E-state index is -1.53. The minimum absolute atomic E-state index is 0.100. The molecule has 40 heavy (non-hydrogen) atoms. The normalized spacial score (nSPS) is 30.4. The van der Waals surface area contributed by atoms with E-state index in [0.717, 1.165) is 95.0 Å². The monoisotopic (exact) mass is 556 g/mol. The first-order valence-corrected chi connectivity index (χ1v) is 16.0. The Labute approximate surface area is 242 Å². The second kappa shape index (κ2) is 14.0. The first-order valence-electron chi connectivity index (χ1n) is 16.0. The van der Waals surface area contributed by atoms with Crippen LogP contribution in [0.15, 0.2) is 24.9 Å². The second-order valence-corrected chi connectivity index (χ2v) is 12.6. The summed E-state index contributed by atoms with van der Waals surface area (Å²) in [4.78, 5) is 21.5. The topological polar surface area (TPSA) is 51.7 Å². The smallest absolute Gasteiger partial charge is 0.155 e. The molecule has 4 rings (SSSR count). The Morgan fingerprint density at radius 2 is 2.08 bits per heavy atom. The van der Waals surface area contributed by atoms with E-state index >= 15 is 4.39 Å². The highest BCUT2D eigenvalue weighted by Crippen LogP contribution is 2.47. The Morgan fingerprint density at radius 1 is 1.27 bits per heavy atom. The summed E-state index contributed by atoms with van der Waals surface area (Å²) in [5.74, 6) is 0.846. The Bertz CT molecular complexity index is 1000. The number of alkyl halides is 1. The van der Waals surface area contributed by atoms with Crippen molar-refractivity contribution in [2.75, 3.05) is 26.9 Å².